The van der Waals surface area contributed by atoms with Gasteiger partial charge >= 0.3 is 5.97 Å². The van der Waals surface area contributed by atoms with E-state index in [1.165, 1.54) is 45.7 Å². The summed E-state index contributed by atoms with van der Waals surface area (Å²) in [6, 6.07) is 14.8. The second-order valence-corrected chi connectivity index (χ2v) is 12.4. The zero-order valence-electron chi connectivity index (χ0n) is 25.1. The van der Waals surface area contributed by atoms with Crippen molar-refractivity contribution in [3.05, 3.63) is 87.0 Å². The van der Waals surface area contributed by atoms with E-state index in [0.29, 0.717) is 18.0 Å². The van der Waals surface area contributed by atoms with Crippen LogP contribution in [0.25, 0.3) is 0 Å². The first-order chi connectivity index (χ1) is 19.5. The number of carboxylic acid groups (broad SMARTS) is 1. The molecule has 1 aliphatic carbocycles. The van der Waals surface area contributed by atoms with E-state index < -0.39 is 17.3 Å². The number of carbonyl (C=O) groups is 1. The van der Waals surface area contributed by atoms with Crippen LogP contribution in [0.2, 0.25) is 0 Å². The molecule has 0 aromatic heterocycles. The van der Waals surface area contributed by atoms with Crippen molar-refractivity contribution >= 4 is 17.3 Å². The summed E-state index contributed by atoms with van der Waals surface area (Å²) in [5.74, 6) is 5.85. The van der Waals surface area contributed by atoms with Gasteiger partial charge in [-0.3, -0.25) is 9.69 Å². The Morgan fingerprint density at radius 2 is 1.83 bits per heavy atom. The summed E-state index contributed by atoms with van der Waals surface area (Å²) in [6.07, 6.45) is 4.74. The molecule has 1 aliphatic heterocycles. The Hall–Kier alpha value is -3.55. The molecule has 1 atom stereocenters. The summed E-state index contributed by atoms with van der Waals surface area (Å²) in [6.45, 7) is 10.8. The van der Waals surface area contributed by atoms with Gasteiger partial charge in [-0.1, -0.05) is 36.4 Å². The van der Waals surface area contributed by atoms with Gasteiger partial charge in [0.2, 0.25) is 0 Å². The lowest BCUT2D eigenvalue weighted by Crippen LogP contribution is -2.33. The fourth-order valence-corrected chi connectivity index (χ4v) is 6.62. The molecule has 41 heavy (non-hydrogen) atoms. The summed E-state index contributed by atoms with van der Waals surface area (Å²) in [4.78, 5) is 15.1. The van der Waals surface area contributed by atoms with Crippen molar-refractivity contribution < 1.29 is 14.6 Å². The van der Waals surface area contributed by atoms with Crippen LogP contribution < -0.4 is 21.3 Å². The Bertz CT molecular complexity index is 1460. The molecule has 0 saturated carbocycles. The lowest BCUT2D eigenvalue weighted by Gasteiger charge is -2.34. The van der Waals surface area contributed by atoms with Gasteiger partial charge in [0.15, 0.2) is 0 Å². The van der Waals surface area contributed by atoms with E-state index in [0.717, 1.165) is 54.9 Å². The number of anilines is 2. The standard InChI is InChI=1S/C34H44N4O3/c1-21-10-11-24(30(34(3,4)33(39)40)27-14-15-29(37(5)36)31(35)22(27)2)18-26(21)20-38-16-17-41-32-25(19-38)13-12-23-8-6-7-9-28(23)32/h10-15,18,30H,6-9,16-17,19-20,35-36H2,1-5H3,(H,39,40). The van der Waals surface area contributed by atoms with E-state index in [1.54, 1.807) is 20.9 Å². The van der Waals surface area contributed by atoms with Crippen LogP contribution >= 0.6 is 0 Å². The van der Waals surface area contributed by atoms with Crippen LogP contribution in [0.5, 0.6) is 5.75 Å². The van der Waals surface area contributed by atoms with Gasteiger partial charge in [-0.2, -0.15) is 0 Å². The molecular weight excluding hydrogens is 512 g/mol. The van der Waals surface area contributed by atoms with E-state index in [4.69, 9.17) is 16.3 Å². The molecule has 3 aromatic rings. The molecule has 0 fully saturated rings. The highest BCUT2D eigenvalue weighted by atomic mass is 16.5. The smallest absolute Gasteiger partial charge is 0.310 e. The average Bonchev–Trinajstić information content (AvgIpc) is 3.14. The number of fused-ring (bicyclic) bond motifs is 3. The highest BCUT2D eigenvalue weighted by molar-refractivity contribution is 5.78. The average molecular weight is 557 g/mol. The fourth-order valence-electron chi connectivity index (χ4n) is 6.62. The number of carboxylic acids is 1. The molecule has 5 N–H and O–H groups in total. The lowest BCUT2D eigenvalue weighted by atomic mass is 9.69. The van der Waals surface area contributed by atoms with Gasteiger partial charge in [-0.15, -0.1) is 0 Å². The highest BCUT2D eigenvalue weighted by Crippen LogP contribution is 2.45. The van der Waals surface area contributed by atoms with E-state index in [9.17, 15) is 9.90 Å². The van der Waals surface area contributed by atoms with Gasteiger partial charge in [-0.25, -0.2) is 5.84 Å². The quantitative estimate of drug-likeness (QED) is 0.194. The molecule has 0 bridgehead atoms. The minimum absolute atomic E-state index is 0.404. The summed E-state index contributed by atoms with van der Waals surface area (Å²) < 4.78 is 6.36. The molecule has 2 aliphatic rings. The number of aliphatic carboxylic acids is 1. The molecule has 0 radical (unpaired) electrons. The zero-order chi connectivity index (χ0) is 29.5. The first-order valence-corrected chi connectivity index (χ1v) is 14.7. The Kier molecular flexibility index (Phi) is 8.04. The number of benzene rings is 3. The number of nitrogen functional groups attached to an aromatic ring is 1. The third-order valence-corrected chi connectivity index (χ3v) is 9.21. The van der Waals surface area contributed by atoms with Crippen molar-refractivity contribution in [2.24, 2.45) is 11.3 Å². The fraction of sp³-hybridized carbons (Fsp3) is 0.441. The van der Waals surface area contributed by atoms with Crippen LogP contribution in [0.4, 0.5) is 11.4 Å². The van der Waals surface area contributed by atoms with E-state index in [2.05, 4.69) is 42.2 Å². The molecule has 218 valence electrons. The van der Waals surface area contributed by atoms with Gasteiger partial charge in [0.1, 0.15) is 12.4 Å². The second-order valence-electron chi connectivity index (χ2n) is 12.4. The summed E-state index contributed by atoms with van der Waals surface area (Å²) in [5.41, 5.74) is 15.9. The highest BCUT2D eigenvalue weighted by Gasteiger charge is 2.40. The van der Waals surface area contributed by atoms with Crippen molar-refractivity contribution in [1.82, 2.24) is 4.90 Å². The molecule has 1 unspecified atom stereocenters. The van der Waals surface area contributed by atoms with Crippen molar-refractivity contribution in [3.8, 4) is 5.75 Å². The van der Waals surface area contributed by atoms with Crippen molar-refractivity contribution in [1.29, 1.82) is 0 Å². The number of nitrogens with zero attached hydrogens (tertiary/aromatic N) is 2. The van der Waals surface area contributed by atoms with Gasteiger partial charge < -0.3 is 20.6 Å². The molecular formula is C34H44N4O3. The topological polar surface area (TPSA) is 105 Å². The van der Waals surface area contributed by atoms with Gasteiger partial charge in [0, 0.05) is 38.2 Å². The largest absolute Gasteiger partial charge is 0.492 e. The number of hydrogen-bond donors (Lipinski definition) is 3. The molecule has 0 amide bonds. The Morgan fingerprint density at radius 1 is 1.10 bits per heavy atom. The minimum atomic E-state index is -1.08. The predicted octanol–water partition coefficient (Wildman–Crippen LogP) is 5.71. The first kappa shape index (κ1) is 29.0. The third-order valence-electron chi connectivity index (χ3n) is 9.21. The molecule has 3 aromatic carbocycles. The Labute approximate surface area is 244 Å². The molecule has 0 saturated heterocycles. The van der Waals surface area contributed by atoms with Crippen LogP contribution in [0, 0.1) is 19.3 Å². The molecule has 5 rings (SSSR count). The number of nitrogens with two attached hydrogens (primary N) is 2. The second kappa shape index (κ2) is 11.4. The normalized spacial score (nSPS) is 16.2. The molecule has 7 nitrogen and oxygen atoms in total. The molecule has 0 spiro atoms. The number of rotatable bonds is 7. The Balaban J connectivity index is 1.50. The zero-order valence-corrected chi connectivity index (χ0v) is 25.1. The van der Waals surface area contributed by atoms with Crippen LogP contribution in [0.3, 0.4) is 0 Å². The number of aryl methyl sites for hydroxylation is 2. The number of hydrazine groups is 1. The van der Waals surface area contributed by atoms with E-state index in [-0.39, 0.29) is 0 Å². The number of ether oxygens (including phenoxy) is 1. The maximum absolute atomic E-state index is 12.6. The third kappa shape index (κ3) is 5.53. The molecule has 1 heterocycles. The van der Waals surface area contributed by atoms with Crippen LogP contribution in [-0.2, 0) is 30.7 Å². The summed E-state index contributed by atoms with van der Waals surface area (Å²) in [5, 5.41) is 11.8. The maximum atomic E-state index is 12.6. The molecule has 7 heteroatoms. The van der Waals surface area contributed by atoms with Crippen molar-refractivity contribution in [2.75, 3.05) is 30.9 Å². The monoisotopic (exact) mass is 556 g/mol. The van der Waals surface area contributed by atoms with Crippen molar-refractivity contribution in [3.63, 3.8) is 0 Å². The predicted molar refractivity (Wildman–Crippen MR) is 165 cm³/mol. The van der Waals surface area contributed by atoms with Crippen LogP contribution in [0.15, 0.2) is 42.5 Å². The Morgan fingerprint density at radius 3 is 2.56 bits per heavy atom. The minimum Gasteiger partial charge on any atom is -0.492 e. The first-order valence-electron chi connectivity index (χ1n) is 14.7. The van der Waals surface area contributed by atoms with Gasteiger partial charge in [-0.05, 0) is 98.4 Å². The van der Waals surface area contributed by atoms with Crippen LogP contribution in [-0.4, -0.2) is 36.2 Å². The van der Waals surface area contributed by atoms with E-state index in [1.807, 2.05) is 19.1 Å². The van der Waals surface area contributed by atoms with E-state index >= 15 is 0 Å². The summed E-state index contributed by atoms with van der Waals surface area (Å²) >= 11 is 0. The SMILES string of the molecule is Cc1ccc(C(c2ccc(N(C)N)c(N)c2C)C(C)(C)C(=O)O)cc1CN1CCOc2c(ccc3c2CCCC3)C1. The summed E-state index contributed by atoms with van der Waals surface area (Å²) in [7, 11) is 1.75. The lowest BCUT2D eigenvalue weighted by molar-refractivity contribution is -0.147. The van der Waals surface area contributed by atoms with Crippen LogP contribution in [0.1, 0.15) is 77.1 Å². The number of hydrogen-bond acceptors (Lipinski definition) is 6. The van der Waals surface area contributed by atoms with Crippen molar-refractivity contribution in [2.45, 2.75) is 72.4 Å². The van der Waals surface area contributed by atoms with Gasteiger partial charge in [0.25, 0.3) is 0 Å². The van der Waals surface area contributed by atoms with Gasteiger partial charge in [0.05, 0.1) is 16.8 Å². The maximum Gasteiger partial charge on any atom is 0.310 e.